The average Bonchev–Trinajstić information content (AvgIpc) is 2.54. The lowest BCUT2D eigenvalue weighted by atomic mass is 10.0. The van der Waals surface area contributed by atoms with Crippen LogP contribution >= 0.6 is 23.2 Å². The third-order valence-corrected chi connectivity index (χ3v) is 5.39. The van der Waals surface area contributed by atoms with Crippen molar-refractivity contribution in [2.24, 2.45) is 0 Å². The Morgan fingerprint density at radius 3 is 2.15 bits per heavy atom. The number of hydrogen-bond acceptors (Lipinski definition) is 3. The highest BCUT2D eigenvalue weighted by atomic mass is 35.5. The van der Waals surface area contributed by atoms with Crippen LogP contribution in [0, 0.1) is 0 Å². The van der Waals surface area contributed by atoms with Crippen LogP contribution in [0.2, 0.25) is 10.0 Å². The van der Waals surface area contributed by atoms with Crippen LogP contribution in [-0.4, -0.2) is 19.8 Å². The number of benzene rings is 2. The molecule has 0 saturated heterocycles. The van der Waals surface area contributed by atoms with Crippen molar-refractivity contribution in [1.29, 1.82) is 0 Å². The van der Waals surface area contributed by atoms with Crippen LogP contribution in [-0.2, 0) is 16.6 Å². The van der Waals surface area contributed by atoms with Crippen LogP contribution in [0.5, 0.6) is 0 Å². The lowest BCUT2D eigenvalue weighted by molar-refractivity contribution is -0.0429. The molecule has 26 heavy (non-hydrogen) atoms. The van der Waals surface area contributed by atoms with Crippen molar-refractivity contribution >= 4 is 50.5 Å². The average molecular weight is 425 g/mol. The molecule has 0 atom stereocenters. The number of amides is 1. The summed E-state index contributed by atoms with van der Waals surface area (Å²) in [5.41, 5.74) is -4.30. The molecular formula is C15H9Cl2F3N2O3S. The first-order chi connectivity index (χ1) is 12.0. The molecule has 0 aliphatic carbocycles. The highest BCUT2D eigenvalue weighted by molar-refractivity contribution is 7.93. The van der Waals surface area contributed by atoms with Crippen molar-refractivity contribution in [2.75, 3.05) is 9.62 Å². The zero-order chi connectivity index (χ0) is 19.3. The standard InChI is InChI=1S/C15H9Cl2F3N2O3S/c16-10-5-6-11(17)13-12(10)14(23)22(13)7-8-1-3-9(4-2-8)21-26(24,25)15(18,19)20/h1-6,21H,7H2. The number of rotatable bonds is 4. The van der Waals surface area contributed by atoms with Crippen molar-refractivity contribution < 1.29 is 26.4 Å². The van der Waals surface area contributed by atoms with Gasteiger partial charge in [0.2, 0.25) is 0 Å². The Bertz CT molecular complexity index is 992. The van der Waals surface area contributed by atoms with Gasteiger partial charge in [0.15, 0.2) is 0 Å². The Hall–Kier alpha value is -1.97. The fourth-order valence-electron chi connectivity index (χ4n) is 2.42. The summed E-state index contributed by atoms with van der Waals surface area (Å²) in [6, 6.07) is 8.21. The van der Waals surface area contributed by atoms with Gasteiger partial charge in [-0.1, -0.05) is 35.3 Å². The molecule has 1 N–H and O–H groups in total. The molecule has 0 saturated carbocycles. The lowest BCUT2D eigenvalue weighted by Gasteiger charge is -2.35. The highest BCUT2D eigenvalue weighted by Crippen LogP contribution is 2.44. The van der Waals surface area contributed by atoms with E-state index in [0.29, 0.717) is 21.8 Å². The molecule has 0 radical (unpaired) electrons. The Kier molecular flexibility index (Phi) is 4.58. The van der Waals surface area contributed by atoms with Gasteiger partial charge >= 0.3 is 15.5 Å². The third-order valence-electron chi connectivity index (χ3n) is 3.66. The molecule has 3 rings (SSSR count). The van der Waals surface area contributed by atoms with Crippen LogP contribution in [0.1, 0.15) is 15.9 Å². The molecular weight excluding hydrogens is 416 g/mol. The molecule has 138 valence electrons. The summed E-state index contributed by atoms with van der Waals surface area (Å²) < 4.78 is 60.7. The lowest BCUT2D eigenvalue weighted by Crippen LogP contribution is -2.40. The Labute approximate surface area is 156 Å². The van der Waals surface area contributed by atoms with Crippen molar-refractivity contribution in [1.82, 2.24) is 0 Å². The Morgan fingerprint density at radius 2 is 1.58 bits per heavy atom. The molecule has 0 fully saturated rings. The summed E-state index contributed by atoms with van der Waals surface area (Å²) in [6.45, 7) is 0.109. The number of hydrogen-bond donors (Lipinski definition) is 1. The minimum atomic E-state index is -5.49. The third kappa shape index (κ3) is 3.22. The van der Waals surface area contributed by atoms with E-state index >= 15 is 0 Å². The minimum absolute atomic E-state index is 0.109. The first-order valence-electron chi connectivity index (χ1n) is 6.99. The number of sulfonamides is 1. The van der Waals surface area contributed by atoms with Crippen LogP contribution in [0.4, 0.5) is 24.5 Å². The maximum atomic E-state index is 12.4. The maximum absolute atomic E-state index is 12.4. The number of alkyl halides is 3. The maximum Gasteiger partial charge on any atom is 0.516 e. The summed E-state index contributed by atoms with van der Waals surface area (Å²) >= 11 is 12.0. The first kappa shape index (κ1) is 18.8. The van der Waals surface area contributed by atoms with Crippen LogP contribution in [0.3, 0.4) is 0 Å². The van der Waals surface area contributed by atoms with E-state index in [0.717, 1.165) is 0 Å². The van der Waals surface area contributed by atoms with Crippen LogP contribution in [0.25, 0.3) is 0 Å². The fraction of sp³-hybridized carbons (Fsp3) is 0.133. The van der Waals surface area contributed by atoms with E-state index in [4.69, 9.17) is 23.2 Å². The minimum Gasteiger partial charge on any atom is -0.301 e. The molecule has 1 aliphatic rings. The molecule has 0 bridgehead atoms. The van der Waals surface area contributed by atoms with E-state index < -0.39 is 15.5 Å². The van der Waals surface area contributed by atoms with Crippen molar-refractivity contribution in [3.05, 3.63) is 57.6 Å². The van der Waals surface area contributed by atoms with Gasteiger partial charge in [-0.3, -0.25) is 9.52 Å². The largest absolute Gasteiger partial charge is 0.516 e. The van der Waals surface area contributed by atoms with E-state index in [1.165, 1.54) is 40.0 Å². The van der Waals surface area contributed by atoms with Gasteiger partial charge in [-0.05, 0) is 29.8 Å². The van der Waals surface area contributed by atoms with Gasteiger partial charge in [0.25, 0.3) is 5.91 Å². The number of fused-ring (bicyclic) bond motifs is 1. The summed E-state index contributed by atoms with van der Waals surface area (Å²) in [4.78, 5) is 13.5. The van der Waals surface area contributed by atoms with E-state index in [-0.39, 0.29) is 23.2 Å². The van der Waals surface area contributed by atoms with Gasteiger partial charge < -0.3 is 4.90 Å². The number of halogens is 5. The molecule has 1 heterocycles. The second kappa shape index (κ2) is 6.33. The second-order valence-electron chi connectivity index (χ2n) is 5.39. The van der Waals surface area contributed by atoms with Gasteiger partial charge in [0.05, 0.1) is 27.8 Å². The van der Waals surface area contributed by atoms with Gasteiger partial charge in [-0.2, -0.15) is 21.6 Å². The highest BCUT2D eigenvalue weighted by Gasteiger charge is 2.46. The summed E-state index contributed by atoms with van der Waals surface area (Å²) in [7, 11) is -5.49. The number of carbonyl (C=O) groups is 1. The van der Waals surface area contributed by atoms with Crippen LogP contribution in [0.15, 0.2) is 36.4 Å². The zero-order valence-corrected chi connectivity index (χ0v) is 15.0. The number of nitrogens with zero attached hydrogens (tertiary/aromatic N) is 1. The van der Waals surface area contributed by atoms with Crippen molar-refractivity contribution in [2.45, 2.75) is 12.1 Å². The topological polar surface area (TPSA) is 66.5 Å². The van der Waals surface area contributed by atoms with E-state index in [1.54, 1.807) is 6.07 Å². The molecule has 0 spiro atoms. The first-order valence-corrected chi connectivity index (χ1v) is 9.23. The van der Waals surface area contributed by atoms with E-state index in [2.05, 4.69) is 0 Å². The van der Waals surface area contributed by atoms with Crippen molar-refractivity contribution in [3.63, 3.8) is 0 Å². The fourth-order valence-corrected chi connectivity index (χ4v) is 3.47. The Balaban J connectivity index is 1.77. The summed E-state index contributed by atoms with van der Waals surface area (Å²) in [6.07, 6.45) is 0. The van der Waals surface area contributed by atoms with Crippen LogP contribution < -0.4 is 9.62 Å². The molecule has 2 aromatic rings. The second-order valence-corrected chi connectivity index (χ2v) is 7.88. The summed E-state index contributed by atoms with van der Waals surface area (Å²) in [5, 5.41) is 0.626. The molecule has 0 unspecified atom stereocenters. The Morgan fingerprint density at radius 1 is 1.00 bits per heavy atom. The SMILES string of the molecule is O=C1c2c(Cl)ccc(Cl)c2N1Cc1ccc(NS(=O)(=O)C(F)(F)F)cc1. The number of nitrogens with one attached hydrogen (secondary N) is 1. The predicted octanol–water partition coefficient (Wildman–Crippen LogP) is 4.42. The van der Waals surface area contributed by atoms with E-state index in [1.807, 2.05) is 0 Å². The smallest absolute Gasteiger partial charge is 0.301 e. The molecule has 5 nitrogen and oxygen atoms in total. The van der Waals surface area contributed by atoms with Gasteiger partial charge in [0, 0.05) is 5.69 Å². The normalized spacial score (nSPS) is 14.0. The molecule has 2 aromatic carbocycles. The van der Waals surface area contributed by atoms with Crippen molar-refractivity contribution in [3.8, 4) is 0 Å². The zero-order valence-electron chi connectivity index (χ0n) is 12.6. The van der Waals surface area contributed by atoms with E-state index in [9.17, 15) is 26.4 Å². The van der Waals surface area contributed by atoms with Gasteiger partial charge in [-0.25, -0.2) is 0 Å². The quantitative estimate of drug-likeness (QED) is 0.789. The monoisotopic (exact) mass is 424 g/mol. The van der Waals surface area contributed by atoms with Gasteiger partial charge in [0.1, 0.15) is 0 Å². The summed E-state index contributed by atoms with van der Waals surface area (Å²) in [5.74, 6) is -0.325. The molecule has 0 aromatic heterocycles. The number of carbonyl (C=O) groups excluding carboxylic acids is 1. The van der Waals surface area contributed by atoms with Gasteiger partial charge in [-0.15, -0.1) is 0 Å². The molecule has 1 amide bonds. The predicted molar refractivity (Wildman–Crippen MR) is 92.0 cm³/mol. The number of anilines is 2. The molecule has 1 aliphatic heterocycles. The molecule has 11 heteroatoms.